The predicted molar refractivity (Wildman–Crippen MR) is 207 cm³/mol. The summed E-state index contributed by atoms with van der Waals surface area (Å²) in [4.78, 5) is 0. The standard InChI is InChI=1S/C44H48O11/c1-50-15-5-9-38-40(44(53-16-6-14-45)36-23-39(52-3)34-21-30(48)11-13-33(34)43(36)55-38)37-24-54-42-27(20-31(51-2)22-35(42)41(37)49)17-26-19-29(47)10-12-32(26)25-7-4-8-28(46)18-25/h4,7-8,10-13,18-23,37-38,40-41,44-49H,5-6,9,14-17,24H2,1-3H3/t37-,38-,40-,41-,44+/m1/s1. The highest BCUT2D eigenvalue weighted by atomic mass is 16.5. The van der Waals surface area contributed by atoms with E-state index in [-0.39, 0.29) is 37.1 Å². The maximum Gasteiger partial charge on any atom is 0.133 e. The van der Waals surface area contributed by atoms with Gasteiger partial charge in [-0.3, -0.25) is 0 Å². The number of phenolic OH excluding ortho intramolecular Hbond substituents is 3. The predicted octanol–water partition coefficient (Wildman–Crippen LogP) is 7.22. The van der Waals surface area contributed by atoms with Crippen LogP contribution in [0, 0.1) is 11.8 Å². The lowest BCUT2D eigenvalue weighted by atomic mass is 9.72. The van der Waals surface area contributed by atoms with Crippen molar-refractivity contribution < 1.29 is 54.0 Å². The van der Waals surface area contributed by atoms with Gasteiger partial charge in [-0.1, -0.05) is 18.2 Å². The highest BCUT2D eigenvalue weighted by molar-refractivity contribution is 5.96. The van der Waals surface area contributed by atoms with Gasteiger partial charge in [-0.25, -0.2) is 0 Å². The van der Waals surface area contributed by atoms with Crippen molar-refractivity contribution in [2.75, 3.05) is 47.8 Å². The van der Waals surface area contributed by atoms with Gasteiger partial charge >= 0.3 is 0 Å². The molecule has 0 aromatic heterocycles. The van der Waals surface area contributed by atoms with Gasteiger partial charge in [0.1, 0.15) is 46.4 Å². The number of hydrogen-bond donors (Lipinski definition) is 5. The number of fused-ring (bicyclic) bond motifs is 4. The van der Waals surface area contributed by atoms with E-state index in [2.05, 4.69) is 0 Å². The molecule has 5 aromatic rings. The maximum absolute atomic E-state index is 12.5. The molecule has 290 valence electrons. The lowest BCUT2D eigenvalue weighted by Gasteiger charge is -2.46. The van der Waals surface area contributed by atoms with Crippen LogP contribution < -0.4 is 18.9 Å². The molecular formula is C44H48O11. The summed E-state index contributed by atoms with van der Waals surface area (Å²) in [6.07, 6.45) is 0.00828. The van der Waals surface area contributed by atoms with Crippen LogP contribution in [0.3, 0.4) is 0 Å². The number of phenols is 3. The Morgan fingerprint density at radius 2 is 1.55 bits per heavy atom. The van der Waals surface area contributed by atoms with Crippen LogP contribution in [0.25, 0.3) is 21.9 Å². The number of hydrogen-bond acceptors (Lipinski definition) is 11. The molecule has 11 nitrogen and oxygen atoms in total. The third-order valence-electron chi connectivity index (χ3n) is 10.7. The summed E-state index contributed by atoms with van der Waals surface area (Å²) in [5, 5.41) is 54.8. The van der Waals surface area contributed by atoms with Crippen LogP contribution in [0.1, 0.15) is 53.7 Å². The number of ether oxygens (including phenoxy) is 6. The molecule has 0 amide bonds. The highest BCUT2D eigenvalue weighted by Crippen LogP contribution is 2.54. The normalized spacial score (nSPS) is 20.3. The Bertz CT molecular complexity index is 2130. The van der Waals surface area contributed by atoms with Crippen LogP contribution in [0.15, 0.2) is 78.9 Å². The van der Waals surface area contributed by atoms with Crippen molar-refractivity contribution in [3.63, 3.8) is 0 Å². The molecule has 5 atom stereocenters. The van der Waals surface area contributed by atoms with Gasteiger partial charge < -0.3 is 54.0 Å². The fourth-order valence-corrected chi connectivity index (χ4v) is 8.21. The van der Waals surface area contributed by atoms with Gasteiger partial charge in [0.25, 0.3) is 0 Å². The molecule has 0 aliphatic carbocycles. The van der Waals surface area contributed by atoms with Gasteiger partial charge in [0.2, 0.25) is 0 Å². The molecule has 55 heavy (non-hydrogen) atoms. The number of aromatic hydroxyl groups is 3. The molecule has 7 rings (SSSR count). The molecule has 0 saturated heterocycles. The second-order valence-corrected chi connectivity index (χ2v) is 14.2. The summed E-state index contributed by atoms with van der Waals surface area (Å²) in [5.74, 6) is 1.64. The second-order valence-electron chi connectivity index (χ2n) is 14.2. The Labute approximate surface area is 320 Å². The molecular weight excluding hydrogens is 704 g/mol. The number of aliphatic hydroxyl groups is 2. The average Bonchev–Trinajstić information content (AvgIpc) is 3.18. The number of rotatable bonds is 14. The van der Waals surface area contributed by atoms with Gasteiger partial charge in [0.05, 0.1) is 33.0 Å². The number of benzene rings is 5. The topological polar surface area (TPSA) is 157 Å². The zero-order valence-corrected chi connectivity index (χ0v) is 31.2. The first-order valence-electron chi connectivity index (χ1n) is 18.6. The van der Waals surface area contributed by atoms with Crippen LogP contribution in [0.2, 0.25) is 0 Å². The lowest BCUT2D eigenvalue weighted by Crippen LogP contribution is -2.46. The van der Waals surface area contributed by atoms with Crippen molar-refractivity contribution in [1.29, 1.82) is 0 Å². The summed E-state index contributed by atoms with van der Waals surface area (Å²) in [7, 11) is 4.81. The first-order chi connectivity index (χ1) is 26.7. The molecule has 2 heterocycles. The summed E-state index contributed by atoms with van der Waals surface area (Å²) < 4.78 is 37.3. The van der Waals surface area contributed by atoms with E-state index in [4.69, 9.17) is 28.4 Å². The average molecular weight is 753 g/mol. The van der Waals surface area contributed by atoms with Gasteiger partial charge in [0, 0.05) is 72.6 Å². The van der Waals surface area contributed by atoms with Gasteiger partial charge in [0.15, 0.2) is 0 Å². The Balaban J connectivity index is 1.31. The molecule has 5 N–H and O–H groups in total. The molecule has 11 heteroatoms. The summed E-state index contributed by atoms with van der Waals surface area (Å²) in [6.45, 7) is 0.881. The van der Waals surface area contributed by atoms with Crippen molar-refractivity contribution in [2.24, 2.45) is 11.8 Å². The second kappa shape index (κ2) is 16.7. The van der Waals surface area contributed by atoms with Crippen molar-refractivity contribution in [3.8, 4) is 51.4 Å². The molecule has 0 bridgehead atoms. The van der Waals surface area contributed by atoms with E-state index in [9.17, 15) is 25.5 Å². The Morgan fingerprint density at radius 1 is 0.745 bits per heavy atom. The Hall–Kier alpha value is -5.20. The quantitative estimate of drug-likeness (QED) is 0.0731. The van der Waals surface area contributed by atoms with E-state index in [0.717, 1.165) is 33.2 Å². The summed E-state index contributed by atoms with van der Waals surface area (Å²) in [5.41, 5.74) is 4.48. The van der Waals surface area contributed by atoms with Crippen LogP contribution in [-0.4, -0.2) is 79.4 Å². The summed E-state index contributed by atoms with van der Waals surface area (Å²) in [6, 6.07) is 22.7. The van der Waals surface area contributed by atoms with E-state index in [1.165, 1.54) is 0 Å². The third kappa shape index (κ3) is 7.70. The van der Waals surface area contributed by atoms with Gasteiger partial charge in [-0.05, 0) is 96.6 Å². The Morgan fingerprint density at radius 3 is 2.31 bits per heavy atom. The smallest absolute Gasteiger partial charge is 0.133 e. The third-order valence-corrected chi connectivity index (χ3v) is 10.7. The van der Waals surface area contributed by atoms with Crippen LogP contribution in [-0.2, 0) is 15.9 Å². The van der Waals surface area contributed by atoms with Crippen molar-refractivity contribution in [2.45, 2.75) is 44.0 Å². The number of methoxy groups -OCH3 is 3. The molecule has 0 unspecified atom stereocenters. The van der Waals surface area contributed by atoms with E-state index in [0.29, 0.717) is 66.2 Å². The van der Waals surface area contributed by atoms with E-state index in [1.54, 1.807) is 69.9 Å². The van der Waals surface area contributed by atoms with E-state index >= 15 is 0 Å². The van der Waals surface area contributed by atoms with Crippen molar-refractivity contribution in [1.82, 2.24) is 0 Å². The Kier molecular flexibility index (Phi) is 11.5. The van der Waals surface area contributed by atoms with Crippen molar-refractivity contribution in [3.05, 3.63) is 101 Å². The van der Waals surface area contributed by atoms with Gasteiger partial charge in [-0.2, -0.15) is 0 Å². The van der Waals surface area contributed by atoms with Crippen LogP contribution in [0.4, 0.5) is 0 Å². The van der Waals surface area contributed by atoms with Crippen LogP contribution >= 0.6 is 0 Å². The fourth-order valence-electron chi connectivity index (χ4n) is 8.21. The monoisotopic (exact) mass is 752 g/mol. The first kappa shape index (κ1) is 38.1. The molecule has 0 radical (unpaired) electrons. The largest absolute Gasteiger partial charge is 0.508 e. The van der Waals surface area contributed by atoms with Gasteiger partial charge in [-0.15, -0.1) is 0 Å². The zero-order chi connectivity index (χ0) is 38.6. The maximum atomic E-state index is 12.5. The molecule has 2 aliphatic heterocycles. The first-order valence-corrected chi connectivity index (χ1v) is 18.6. The highest BCUT2D eigenvalue weighted by Gasteiger charge is 2.49. The molecule has 0 spiro atoms. The minimum atomic E-state index is -1.02. The molecule has 0 saturated carbocycles. The SMILES string of the molecule is COCCC[C@H]1Oc2c(cc(OC)c3cc(O)ccc23)[C@H](OCCCO)[C@@H]1[C@H]1COc2c(Cc3cc(O)ccc3-c3cccc(O)c3)cc(OC)cc2[C@H]1O. The molecule has 2 aliphatic rings. The lowest BCUT2D eigenvalue weighted by molar-refractivity contribution is -0.113. The van der Waals surface area contributed by atoms with Crippen LogP contribution in [0.5, 0.6) is 40.2 Å². The number of aliphatic hydroxyl groups excluding tert-OH is 2. The summed E-state index contributed by atoms with van der Waals surface area (Å²) >= 11 is 0. The van der Waals surface area contributed by atoms with E-state index in [1.807, 2.05) is 30.3 Å². The fraction of sp³-hybridized carbons (Fsp3) is 0.364. The zero-order valence-electron chi connectivity index (χ0n) is 31.2. The minimum Gasteiger partial charge on any atom is -0.508 e. The van der Waals surface area contributed by atoms with Crippen molar-refractivity contribution >= 4 is 10.8 Å². The minimum absolute atomic E-state index is 0.0459. The van der Waals surface area contributed by atoms with E-state index < -0.39 is 30.1 Å². The molecule has 5 aromatic carbocycles. The molecule has 0 fully saturated rings.